The van der Waals surface area contributed by atoms with Gasteiger partial charge in [-0.05, 0) is 85.9 Å². The molecule has 0 aliphatic heterocycles. The van der Waals surface area contributed by atoms with E-state index in [1.807, 2.05) is 0 Å². The Morgan fingerprint density at radius 2 is 1.61 bits per heavy atom. The van der Waals surface area contributed by atoms with Crippen LogP contribution in [0.15, 0.2) is 0 Å². The lowest BCUT2D eigenvalue weighted by Crippen LogP contribution is -2.54. The van der Waals surface area contributed by atoms with Gasteiger partial charge in [0.05, 0.1) is 12.0 Å². The lowest BCUT2D eigenvalue weighted by Gasteiger charge is -2.61. The van der Waals surface area contributed by atoms with E-state index in [1.165, 1.54) is 51.4 Å². The van der Waals surface area contributed by atoms with Crippen molar-refractivity contribution >= 4 is 0 Å². The van der Waals surface area contributed by atoms with Crippen molar-refractivity contribution < 1.29 is 0 Å². The minimum Gasteiger partial charge on any atom is -0.198 e. The second-order valence-electron chi connectivity index (χ2n) is 9.54. The van der Waals surface area contributed by atoms with Crippen molar-refractivity contribution in [2.75, 3.05) is 0 Å². The second kappa shape index (κ2) is 5.28. The maximum absolute atomic E-state index is 9.60. The zero-order valence-corrected chi connectivity index (χ0v) is 14.9. The molecule has 0 radical (unpaired) electrons. The van der Waals surface area contributed by atoms with Gasteiger partial charge in [-0.2, -0.15) is 5.26 Å². The summed E-state index contributed by atoms with van der Waals surface area (Å²) < 4.78 is 0. The summed E-state index contributed by atoms with van der Waals surface area (Å²) in [6, 6.07) is 2.65. The molecule has 4 saturated carbocycles. The molecule has 0 bridgehead atoms. The number of nitriles is 1. The van der Waals surface area contributed by atoms with E-state index in [1.54, 1.807) is 0 Å². The third-order valence-electron chi connectivity index (χ3n) is 9.03. The molecule has 1 heteroatoms. The Kier molecular flexibility index (Phi) is 3.57. The van der Waals surface area contributed by atoms with E-state index in [4.69, 9.17) is 6.42 Å². The number of hydrogen-bond donors (Lipinski definition) is 0. The van der Waals surface area contributed by atoms with Crippen molar-refractivity contribution in [3.05, 3.63) is 0 Å². The minimum absolute atomic E-state index is 0.305. The van der Waals surface area contributed by atoms with E-state index >= 15 is 0 Å². The first kappa shape index (κ1) is 15.6. The average molecular weight is 309 g/mol. The fourth-order valence-electron chi connectivity index (χ4n) is 7.83. The number of rotatable bonds is 0. The molecule has 0 heterocycles. The number of terminal acetylenes is 1. The summed E-state index contributed by atoms with van der Waals surface area (Å²) in [5.74, 6) is 7.28. The van der Waals surface area contributed by atoms with E-state index in [-0.39, 0.29) is 0 Å². The summed E-state index contributed by atoms with van der Waals surface area (Å²) in [4.78, 5) is 0. The van der Waals surface area contributed by atoms with Gasteiger partial charge in [-0.1, -0.05) is 20.3 Å². The van der Waals surface area contributed by atoms with Crippen molar-refractivity contribution in [1.29, 1.82) is 5.26 Å². The number of fused-ring (bicyclic) bond motifs is 5. The highest BCUT2D eigenvalue weighted by atomic mass is 14.6. The zero-order valence-electron chi connectivity index (χ0n) is 14.9. The van der Waals surface area contributed by atoms with Crippen molar-refractivity contribution in [2.24, 2.45) is 46.3 Å². The number of nitrogens with zero attached hydrogens (tertiary/aromatic N) is 1. The first-order valence-corrected chi connectivity index (χ1v) is 9.90. The van der Waals surface area contributed by atoms with Crippen LogP contribution in [0.25, 0.3) is 0 Å². The van der Waals surface area contributed by atoms with Crippen LogP contribution in [0.2, 0.25) is 0 Å². The van der Waals surface area contributed by atoms with Crippen molar-refractivity contribution in [2.45, 2.75) is 71.6 Å². The maximum atomic E-state index is 9.60. The Hall–Kier alpha value is -0.950. The van der Waals surface area contributed by atoms with E-state index in [0.717, 1.165) is 30.1 Å². The van der Waals surface area contributed by atoms with Crippen LogP contribution in [-0.2, 0) is 0 Å². The summed E-state index contributed by atoms with van der Waals surface area (Å²) in [6.45, 7) is 5.02. The molecule has 0 saturated heterocycles. The molecular weight excluding hydrogens is 278 g/mol. The molecule has 8 unspecified atom stereocenters. The smallest absolute Gasteiger partial charge is 0.0661 e. The van der Waals surface area contributed by atoms with Gasteiger partial charge in [-0.25, -0.2) is 0 Å². The Morgan fingerprint density at radius 1 is 0.870 bits per heavy atom. The maximum Gasteiger partial charge on any atom is 0.0661 e. The SMILES string of the molecule is C#CC1CCCC2(C)C1CCC1C3CCC(C#N)C3(C)CCC12. The van der Waals surface area contributed by atoms with Crippen molar-refractivity contribution in [1.82, 2.24) is 0 Å². The van der Waals surface area contributed by atoms with Crippen LogP contribution in [0, 0.1) is 70.0 Å². The predicted molar refractivity (Wildman–Crippen MR) is 93.2 cm³/mol. The van der Waals surface area contributed by atoms with Crippen LogP contribution in [-0.4, -0.2) is 0 Å². The monoisotopic (exact) mass is 309 g/mol. The number of hydrogen-bond acceptors (Lipinski definition) is 1. The van der Waals surface area contributed by atoms with Crippen LogP contribution < -0.4 is 0 Å². The average Bonchev–Trinajstić information content (AvgIpc) is 2.90. The highest BCUT2D eigenvalue weighted by Crippen LogP contribution is 2.67. The van der Waals surface area contributed by atoms with Gasteiger partial charge in [-0.3, -0.25) is 0 Å². The van der Waals surface area contributed by atoms with E-state index in [2.05, 4.69) is 25.8 Å². The molecule has 4 aliphatic carbocycles. The van der Waals surface area contributed by atoms with Gasteiger partial charge in [0, 0.05) is 5.92 Å². The Morgan fingerprint density at radius 3 is 2.35 bits per heavy atom. The van der Waals surface area contributed by atoms with Crippen LogP contribution >= 0.6 is 0 Å². The Bertz CT molecular complexity index is 566. The molecule has 0 N–H and O–H groups in total. The molecule has 1 nitrogen and oxygen atoms in total. The van der Waals surface area contributed by atoms with Gasteiger partial charge in [-0.15, -0.1) is 12.3 Å². The van der Waals surface area contributed by atoms with Gasteiger partial charge >= 0.3 is 0 Å². The standard InChI is InChI=1S/C22H31N/c1-4-15-6-5-12-22(3)18(15)10-8-17-19-9-7-16(14-23)21(19,2)13-11-20(17)22/h1,15-20H,5-13H2,2-3H3. The van der Waals surface area contributed by atoms with E-state index in [0.29, 0.717) is 22.7 Å². The van der Waals surface area contributed by atoms with Crippen LogP contribution in [0.4, 0.5) is 0 Å². The lowest BCUT2D eigenvalue weighted by atomic mass is 9.43. The zero-order chi connectivity index (χ0) is 16.2. The summed E-state index contributed by atoms with van der Waals surface area (Å²) >= 11 is 0. The first-order chi connectivity index (χ1) is 11.0. The molecule has 0 aromatic carbocycles. The summed E-state index contributed by atoms with van der Waals surface area (Å²) in [5.41, 5.74) is 0.781. The van der Waals surface area contributed by atoms with Crippen molar-refractivity contribution in [3.8, 4) is 18.4 Å². The minimum atomic E-state index is 0.305. The van der Waals surface area contributed by atoms with Crippen LogP contribution in [0.1, 0.15) is 71.6 Å². The summed E-state index contributed by atoms with van der Waals surface area (Å²) in [7, 11) is 0. The predicted octanol–water partition coefficient (Wildman–Crippen LogP) is 5.42. The van der Waals surface area contributed by atoms with Crippen molar-refractivity contribution in [3.63, 3.8) is 0 Å². The normalized spacial score (nSPS) is 55.0. The highest BCUT2D eigenvalue weighted by Gasteiger charge is 2.60. The first-order valence-electron chi connectivity index (χ1n) is 9.90. The molecule has 4 rings (SSSR count). The Balaban J connectivity index is 1.65. The van der Waals surface area contributed by atoms with Crippen LogP contribution in [0.3, 0.4) is 0 Å². The molecule has 0 amide bonds. The van der Waals surface area contributed by atoms with Gasteiger partial charge < -0.3 is 0 Å². The van der Waals surface area contributed by atoms with E-state index in [9.17, 15) is 5.26 Å². The molecule has 0 aromatic rings. The molecule has 4 fully saturated rings. The van der Waals surface area contributed by atoms with Gasteiger partial charge in [0.25, 0.3) is 0 Å². The van der Waals surface area contributed by atoms with Gasteiger partial charge in [0.15, 0.2) is 0 Å². The fraction of sp³-hybridized carbons (Fsp3) is 0.864. The third kappa shape index (κ3) is 1.98. The van der Waals surface area contributed by atoms with E-state index < -0.39 is 0 Å². The molecule has 0 aromatic heterocycles. The fourth-order valence-corrected chi connectivity index (χ4v) is 7.83. The summed E-state index contributed by atoms with van der Waals surface area (Å²) in [6.07, 6.45) is 17.7. The Labute approximate surface area is 142 Å². The molecule has 8 atom stereocenters. The van der Waals surface area contributed by atoms with Gasteiger partial charge in [0.2, 0.25) is 0 Å². The molecule has 4 aliphatic rings. The second-order valence-corrected chi connectivity index (χ2v) is 9.54. The molecule has 0 spiro atoms. The van der Waals surface area contributed by atoms with Gasteiger partial charge in [0.1, 0.15) is 0 Å². The molecular formula is C22H31N. The topological polar surface area (TPSA) is 23.8 Å². The van der Waals surface area contributed by atoms with Crippen LogP contribution in [0.5, 0.6) is 0 Å². The molecule has 23 heavy (non-hydrogen) atoms. The molecule has 124 valence electrons. The quantitative estimate of drug-likeness (QED) is 0.548. The highest BCUT2D eigenvalue weighted by molar-refractivity contribution is 5.14. The lowest BCUT2D eigenvalue weighted by molar-refractivity contribution is -0.116. The summed E-state index contributed by atoms with van der Waals surface area (Å²) in [5, 5.41) is 9.60. The third-order valence-corrected chi connectivity index (χ3v) is 9.03. The largest absolute Gasteiger partial charge is 0.198 e.